The third-order valence-electron chi connectivity index (χ3n) is 4.17. The number of carbonyl (C=O) groups is 3. The van der Waals surface area contributed by atoms with Gasteiger partial charge in [-0.15, -0.1) is 0 Å². The second-order valence-corrected chi connectivity index (χ2v) is 6.52. The van der Waals surface area contributed by atoms with Gasteiger partial charge >= 0.3 is 5.97 Å². The van der Waals surface area contributed by atoms with E-state index in [-0.39, 0.29) is 28.6 Å². The predicted molar refractivity (Wildman–Crippen MR) is 109 cm³/mol. The van der Waals surface area contributed by atoms with Crippen molar-refractivity contribution in [2.75, 3.05) is 23.9 Å². The number of esters is 1. The zero-order valence-electron chi connectivity index (χ0n) is 15.9. The van der Waals surface area contributed by atoms with Gasteiger partial charge < -0.3 is 14.8 Å². The van der Waals surface area contributed by atoms with E-state index in [0.29, 0.717) is 17.9 Å². The van der Waals surface area contributed by atoms with Gasteiger partial charge in [0.2, 0.25) is 0 Å². The molecular weight excluding hydrogens is 396 g/mol. The number of hydrogen-bond acceptors (Lipinski definition) is 6. The number of amides is 2. The van der Waals surface area contributed by atoms with Gasteiger partial charge in [-0.1, -0.05) is 36.7 Å². The van der Waals surface area contributed by atoms with E-state index in [1.165, 1.54) is 13.2 Å². The summed E-state index contributed by atoms with van der Waals surface area (Å²) < 4.78 is 10.4. The number of nitrogens with zero attached hydrogens (tertiary/aromatic N) is 1. The normalized spacial score (nSPS) is 13.7. The van der Waals surface area contributed by atoms with E-state index in [2.05, 4.69) is 5.32 Å². The molecule has 8 heteroatoms. The first-order valence-corrected chi connectivity index (χ1v) is 9.31. The van der Waals surface area contributed by atoms with Crippen molar-refractivity contribution in [3.05, 3.63) is 64.8 Å². The van der Waals surface area contributed by atoms with Gasteiger partial charge in [-0.25, -0.2) is 9.69 Å². The number of nitrogens with one attached hydrogen (secondary N) is 1. The average molecular weight is 415 g/mol. The molecule has 1 N–H and O–H groups in total. The smallest absolute Gasteiger partial charge is 0.338 e. The lowest BCUT2D eigenvalue weighted by Gasteiger charge is -2.16. The number of methoxy groups -OCH3 is 1. The Kier molecular flexibility index (Phi) is 6.19. The van der Waals surface area contributed by atoms with Crippen LogP contribution in [0, 0.1) is 0 Å². The maximum Gasteiger partial charge on any atom is 0.338 e. The molecule has 0 atom stereocenters. The zero-order valence-corrected chi connectivity index (χ0v) is 16.7. The van der Waals surface area contributed by atoms with Gasteiger partial charge in [-0.3, -0.25) is 9.59 Å². The Bertz CT molecular complexity index is 1000. The van der Waals surface area contributed by atoms with Crippen molar-refractivity contribution in [3.63, 3.8) is 0 Å². The Labute approximate surface area is 172 Å². The van der Waals surface area contributed by atoms with Crippen LogP contribution >= 0.6 is 11.6 Å². The van der Waals surface area contributed by atoms with Crippen LogP contribution in [0.25, 0.3) is 0 Å². The highest BCUT2D eigenvalue weighted by molar-refractivity contribution is 6.53. The SMILES string of the molecule is CCCOC(=O)c1cccc(N2C(=O)C(Cl)=C(Nc3ccccc3OC)C2=O)c1. The maximum absolute atomic E-state index is 12.9. The van der Waals surface area contributed by atoms with Gasteiger partial charge in [0.05, 0.1) is 30.7 Å². The Balaban J connectivity index is 1.88. The van der Waals surface area contributed by atoms with Crippen molar-refractivity contribution in [2.24, 2.45) is 0 Å². The monoisotopic (exact) mass is 414 g/mol. The summed E-state index contributed by atoms with van der Waals surface area (Å²) >= 11 is 6.16. The minimum atomic E-state index is -0.687. The van der Waals surface area contributed by atoms with E-state index in [1.807, 2.05) is 6.92 Å². The number of carbonyl (C=O) groups excluding carboxylic acids is 3. The topological polar surface area (TPSA) is 84.9 Å². The van der Waals surface area contributed by atoms with Crippen LogP contribution in [0.4, 0.5) is 11.4 Å². The zero-order chi connectivity index (χ0) is 21.0. The predicted octanol–water partition coefficient (Wildman–Crippen LogP) is 3.70. The Morgan fingerprint density at radius 3 is 2.59 bits per heavy atom. The van der Waals surface area contributed by atoms with Crippen LogP contribution < -0.4 is 15.0 Å². The molecule has 0 aromatic heterocycles. The molecule has 3 rings (SSSR count). The second-order valence-electron chi connectivity index (χ2n) is 6.15. The standard InChI is InChI=1S/C21H19ClN2O5/c1-3-11-29-21(27)13-7-6-8-14(12-13)24-19(25)17(22)18(20(24)26)23-15-9-4-5-10-16(15)28-2/h4-10,12,23H,3,11H2,1-2H3. The molecule has 0 saturated carbocycles. The van der Waals surface area contributed by atoms with Crippen LogP contribution in [-0.2, 0) is 14.3 Å². The minimum absolute atomic E-state index is 0.0693. The number of anilines is 2. The molecule has 0 saturated heterocycles. The summed E-state index contributed by atoms with van der Waals surface area (Å²) in [5.41, 5.74) is 0.878. The fraction of sp³-hybridized carbons (Fsp3) is 0.190. The second kappa shape index (κ2) is 8.79. The molecule has 2 amide bonds. The summed E-state index contributed by atoms with van der Waals surface area (Å²) in [7, 11) is 1.49. The summed E-state index contributed by atoms with van der Waals surface area (Å²) in [5.74, 6) is -1.36. The molecule has 0 bridgehead atoms. The first kappa shape index (κ1) is 20.4. The molecule has 0 spiro atoms. The van der Waals surface area contributed by atoms with Crippen LogP contribution in [-0.4, -0.2) is 31.5 Å². The molecule has 150 valence electrons. The molecule has 0 aliphatic carbocycles. The van der Waals surface area contributed by atoms with Gasteiger partial charge in [-0.2, -0.15) is 0 Å². The highest BCUT2D eigenvalue weighted by Crippen LogP contribution is 2.33. The van der Waals surface area contributed by atoms with E-state index in [9.17, 15) is 14.4 Å². The molecule has 2 aromatic carbocycles. The van der Waals surface area contributed by atoms with Crippen molar-refractivity contribution < 1.29 is 23.9 Å². The average Bonchev–Trinajstić information content (AvgIpc) is 2.95. The van der Waals surface area contributed by atoms with Gasteiger partial charge in [0.25, 0.3) is 11.8 Å². The molecule has 29 heavy (non-hydrogen) atoms. The van der Waals surface area contributed by atoms with E-state index in [1.54, 1.807) is 42.5 Å². The van der Waals surface area contributed by atoms with Crippen LogP contribution in [0.2, 0.25) is 0 Å². The maximum atomic E-state index is 12.9. The molecule has 0 fully saturated rings. The van der Waals surface area contributed by atoms with Crippen LogP contribution in [0.5, 0.6) is 5.75 Å². The third kappa shape index (κ3) is 4.09. The molecule has 0 radical (unpaired) electrons. The number of benzene rings is 2. The number of hydrogen-bond donors (Lipinski definition) is 1. The summed E-state index contributed by atoms with van der Waals surface area (Å²) in [4.78, 5) is 38.6. The van der Waals surface area contributed by atoms with Crippen molar-refractivity contribution in [1.82, 2.24) is 0 Å². The number of ether oxygens (including phenoxy) is 2. The molecule has 1 aliphatic rings. The molecular formula is C21H19ClN2O5. The van der Waals surface area contributed by atoms with Crippen LogP contribution in [0.3, 0.4) is 0 Å². The number of para-hydroxylation sites is 2. The fourth-order valence-electron chi connectivity index (χ4n) is 2.78. The molecule has 1 heterocycles. The summed E-state index contributed by atoms with van der Waals surface area (Å²) in [5, 5.41) is 2.62. The Morgan fingerprint density at radius 1 is 1.10 bits per heavy atom. The number of imide groups is 1. The third-order valence-corrected chi connectivity index (χ3v) is 4.52. The lowest BCUT2D eigenvalue weighted by molar-refractivity contribution is -0.120. The van der Waals surface area contributed by atoms with E-state index < -0.39 is 17.8 Å². The Hall–Kier alpha value is -3.32. The van der Waals surface area contributed by atoms with Gasteiger partial charge in [0.15, 0.2) is 0 Å². The minimum Gasteiger partial charge on any atom is -0.495 e. The number of halogens is 1. The van der Waals surface area contributed by atoms with Crippen LogP contribution in [0.15, 0.2) is 59.3 Å². The van der Waals surface area contributed by atoms with Gasteiger partial charge in [0, 0.05) is 0 Å². The molecule has 7 nitrogen and oxygen atoms in total. The van der Waals surface area contributed by atoms with E-state index in [4.69, 9.17) is 21.1 Å². The van der Waals surface area contributed by atoms with E-state index in [0.717, 1.165) is 4.90 Å². The largest absolute Gasteiger partial charge is 0.495 e. The van der Waals surface area contributed by atoms with Gasteiger partial charge in [-0.05, 0) is 36.8 Å². The van der Waals surface area contributed by atoms with Gasteiger partial charge in [0.1, 0.15) is 16.5 Å². The van der Waals surface area contributed by atoms with E-state index >= 15 is 0 Å². The quantitative estimate of drug-likeness (QED) is 0.549. The van der Waals surface area contributed by atoms with Crippen molar-refractivity contribution in [3.8, 4) is 5.75 Å². The lowest BCUT2D eigenvalue weighted by atomic mass is 10.2. The highest BCUT2D eigenvalue weighted by Gasteiger charge is 2.39. The van der Waals surface area contributed by atoms with Crippen LogP contribution in [0.1, 0.15) is 23.7 Å². The first-order valence-electron chi connectivity index (χ1n) is 8.93. The van der Waals surface area contributed by atoms with Crippen molar-refractivity contribution >= 4 is 40.8 Å². The highest BCUT2D eigenvalue weighted by atomic mass is 35.5. The Morgan fingerprint density at radius 2 is 1.86 bits per heavy atom. The van der Waals surface area contributed by atoms with Crippen molar-refractivity contribution in [1.29, 1.82) is 0 Å². The fourth-order valence-corrected chi connectivity index (χ4v) is 2.99. The molecule has 2 aromatic rings. The lowest BCUT2D eigenvalue weighted by Crippen LogP contribution is -2.32. The summed E-state index contributed by atoms with van der Waals surface area (Å²) in [6.45, 7) is 2.17. The summed E-state index contributed by atoms with van der Waals surface area (Å²) in [6.07, 6.45) is 0.687. The first-order chi connectivity index (χ1) is 14.0. The molecule has 1 aliphatic heterocycles. The number of rotatable bonds is 7. The summed E-state index contributed by atoms with van der Waals surface area (Å²) in [6, 6.07) is 13.0. The van der Waals surface area contributed by atoms with Crippen molar-refractivity contribution in [2.45, 2.75) is 13.3 Å². The molecule has 0 unspecified atom stereocenters.